The second-order valence-corrected chi connectivity index (χ2v) is 5.60. The maximum Gasteiger partial charge on any atom is 0.238 e. The van der Waals surface area contributed by atoms with Gasteiger partial charge in [-0.15, -0.1) is 12.4 Å². The highest BCUT2D eigenvalue weighted by Crippen LogP contribution is 2.22. The summed E-state index contributed by atoms with van der Waals surface area (Å²) in [5, 5.41) is 2.53. The Labute approximate surface area is 135 Å². The minimum absolute atomic E-state index is 0. The molecule has 0 saturated carbocycles. The van der Waals surface area contributed by atoms with Crippen LogP contribution in [-0.2, 0) is 4.79 Å². The van der Waals surface area contributed by atoms with Gasteiger partial charge in [-0.25, -0.2) is 8.78 Å². The van der Waals surface area contributed by atoms with Crippen LogP contribution in [0.25, 0.3) is 0 Å². The van der Waals surface area contributed by atoms with E-state index in [1.54, 1.807) is 0 Å². The Morgan fingerprint density at radius 1 is 1.36 bits per heavy atom. The van der Waals surface area contributed by atoms with Gasteiger partial charge in [0.1, 0.15) is 11.6 Å². The standard InChI is InChI=1S/C15H21F2N3O.ClH/c1-10-3-2-4-20(14(10)8-18)9-15(21)19-13-6-11(16)5-12(17)7-13;/h5-7,10,14H,2-4,8-9,18H2,1H3,(H,19,21);1H. The second-order valence-electron chi connectivity index (χ2n) is 5.60. The summed E-state index contributed by atoms with van der Waals surface area (Å²) >= 11 is 0. The van der Waals surface area contributed by atoms with Crippen molar-refractivity contribution in [3.63, 3.8) is 0 Å². The van der Waals surface area contributed by atoms with E-state index in [1.165, 1.54) is 0 Å². The lowest BCUT2D eigenvalue weighted by molar-refractivity contribution is -0.118. The molecule has 22 heavy (non-hydrogen) atoms. The van der Waals surface area contributed by atoms with Crippen LogP contribution in [-0.4, -0.2) is 36.5 Å². The van der Waals surface area contributed by atoms with Crippen LogP contribution >= 0.6 is 12.4 Å². The molecule has 1 aliphatic rings. The van der Waals surface area contributed by atoms with Crippen LogP contribution in [0.1, 0.15) is 19.8 Å². The normalized spacial score (nSPS) is 22.0. The van der Waals surface area contributed by atoms with E-state index in [-0.39, 0.29) is 36.6 Å². The van der Waals surface area contributed by atoms with Crippen molar-refractivity contribution in [2.24, 2.45) is 11.7 Å². The largest absolute Gasteiger partial charge is 0.329 e. The van der Waals surface area contributed by atoms with Crippen molar-refractivity contribution in [3.8, 4) is 0 Å². The Morgan fingerprint density at radius 3 is 2.59 bits per heavy atom. The first-order valence-corrected chi connectivity index (χ1v) is 7.19. The maximum atomic E-state index is 13.1. The van der Waals surface area contributed by atoms with Gasteiger partial charge in [0.25, 0.3) is 0 Å². The molecule has 3 N–H and O–H groups in total. The molecule has 0 aromatic heterocycles. The molecule has 4 nitrogen and oxygen atoms in total. The average molecular weight is 334 g/mol. The average Bonchev–Trinajstić information content (AvgIpc) is 2.37. The molecule has 7 heteroatoms. The molecule has 0 radical (unpaired) electrons. The van der Waals surface area contributed by atoms with E-state index < -0.39 is 11.6 Å². The zero-order chi connectivity index (χ0) is 15.4. The number of carbonyl (C=O) groups is 1. The number of benzene rings is 1. The number of hydrogen-bond acceptors (Lipinski definition) is 3. The Hall–Kier alpha value is -1.24. The van der Waals surface area contributed by atoms with E-state index in [0.717, 1.165) is 37.6 Å². The Morgan fingerprint density at radius 2 is 2.00 bits per heavy atom. The van der Waals surface area contributed by atoms with Gasteiger partial charge in [0, 0.05) is 24.3 Å². The van der Waals surface area contributed by atoms with Crippen molar-refractivity contribution in [2.75, 3.05) is 25.0 Å². The number of nitrogens with zero attached hydrogens (tertiary/aromatic N) is 1. The van der Waals surface area contributed by atoms with Crippen molar-refractivity contribution >= 4 is 24.0 Å². The molecule has 0 aliphatic carbocycles. The maximum absolute atomic E-state index is 13.1. The molecule has 1 aliphatic heterocycles. The van der Waals surface area contributed by atoms with Crippen LogP contribution in [0.15, 0.2) is 18.2 Å². The molecule has 2 rings (SSSR count). The molecule has 1 aromatic carbocycles. The first-order valence-electron chi connectivity index (χ1n) is 7.19. The van der Waals surface area contributed by atoms with Gasteiger partial charge in [-0.05, 0) is 37.4 Å². The molecule has 0 spiro atoms. The molecular weight excluding hydrogens is 312 g/mol. The van der Waals surface area contributed by atoms with Crippen molar-refractivity contribution in [1.29, 1.82) is 0 Å². The van der Waals surface area contributed by atoms with Gasteiger partial charge >= 0.3 is 0 Å². The molecule has 1 saturated heterocycles. The van der Waals surface area contributed by atoms with Gasteiger partial charge in [-0.2, -0.15) is 0 Å². The zero-order valence-corrected chi connectivity index (χ0v) is 13.3. The second kappa shape index (κ2) is 8.41. The SMILES string of the molecule is CC1CCCN(CC(=O)Nc2cc(F)cc(F)c2)C1CN.Cl. The van der Waals surface area contributed by atoms with Crippen LogP contribution in [0.4, 0.5) is 14.5 Å². The van der Waals surface area contributed by atoms with Crippen molar-refractivity contribution in [1.82, 2.24) is 4.90 Å². The number of nitrogens with two attached hydrogens (primary N) is 1. The van der Waals surface area contributed by atoms with E-state index in [9.17, 15) is 13.6 Å². The Balaban J connectivity index is 0.00000242. The smallest absolute Gasteiger partial charge is 0.238 e. The summed E-state index contributed by atoms with van der Waals surface area (Å²) in [4.78, 5) is 14.1. The van der Waals surface area contributed by atoms with Crippen molar-refractivity contribution in [2.45, 2.75) is 25.8 Å². The van der Waals surface area contributed by atoms with Gasteiger partial charge in [0.15, 0.2) is 0 Å². The molecule has 1 heterocycles. The third-order valence-corrected chi connectivity index (χ3v) is 3.97. The topological polar surface area (TPSA) is 58.4 Å². The van der Waals surface area contributed by atoms with E-state index >= 15 is 0 Å². The number of anilines is 1. The van der Waals surface area contributed by atoms with Crippen LogP contribution in [0.3, 0.4) is 0 Å². The summed E-state index contributed by atoms with van der Waals surface area (Å²) in [5.74, 6) is -1.26. The predicted octanol–water partition coefficient (Wildman–Crippen LogP) is 2.38. The van der Waals surface area contributed by atoms with Crippen LogP contribution in [0.2, 0.25) is 0 Å². The number of halogens is 3. The fraction of sp³-hybridized carbons (Fsp3) is 0.533. The van der Waals surface area contributed by atoms with Crippen LogP contribution in [0.5, 0.6) is 0 Å². The van der Waals surface area contributed by atoms with Gasteiger partial charge < -0.3 is 11.1 Å². The molecule has 1 fully saturated rings. The minimum atomic E-state index is -0.711. The fourth-order valence-electron chi connectivity index (χ4n) is 2.92. The predicted molar refractivity (Wildman–Crippen MR) is 85.0 cm³/mol. The Bertz CT molecular complexity index is 495. The lowest BCUT2D eigenvalue weighted by atomic mass is 9.91. The summed E-state index contributed by atoms with van der Waals surface area (Å²) < 4.78 is 26.2. The fourth-order valence-corrected chi connectivity index (χ4v) is 2.92. The number of hydrogen-bond donors (Lipinski definition) is 2. The monoisotopic (exact) mass is 333 g/mol. The highest BCUT2D eigenvalue weighted by molar-refractivity contribution is 5.92. The van der Waals surface area contributed by atoms with Gasteiger partial charge in [-0.3, -0.25) is 9.69 Å². The van der Waals surface area contributed by atoms with Crippen molar-refractivity contribution in [3.05, 3.63) is 29.8 Å². The van der Waals surface area contributed by atoms with E-state index in [2.05, 4.69) is 12.2 Å². The summed E-state index contributed by atoms with van der Waals surface area (Å²) in [5.41, 5.74) is 5.91. The lowest BCUT2D eigenvalue weighted by Gasteiger charge is -2.38. The number of likely N-dealkylation sites (tertiary alicyclic amines) is 1. The van der Waals surface area contributed by atoms with Gasteiger partial charge in [-0.1, -0.05) is 6.92 Å². The summed E-state index contributed by atoms with van der Waals surface area (Å²) in [6.07, 6.45) is 2.13. The van der Waals surface area contributed by atoms with Crippen LogP contribution < -0.4 is 11.1 Å². The third-order valence-electron chi connectivity index (χ3n) is 3.97. The molecule has 1 aromatic rings. The van der Waals surface area contributed by atoms with E-state index in [1.807, 2.05) is 4.90 Å². The lowest BCUT2D eigenvalue weighted by Crippen LogP contribution is -2.51. The molecule has 0 bridgehead atoms. The Kier molecular flexibility index (Phi) is 7.19. The van der Waals surface area contributed by atoms with E-state index in [0.29, 0.717) is 12.5 Å². The van der Waals surface area contributed by atoms with E-state index in [4.69, 9.17) is 5.73 Å². The highest BCUT2D eigenvalue weighted by atomic mass is 35.5. The van der Waals surface area contributed by atoms with Gasteiger partial charge in [0.05, 0.1) is 6.54 Å². The first kappa shape index (κ1) is 18.8. The zero-order valence-electron chi connectivity index (χ0n) is 12.5. The minimum Gasteiger partial charge on any atom is -0.329 e. The summed E-state index contributed by atoms with van der Waals surface area (Å²) in [6, 6.07) is 3.14. The molecule has 2 unspecified atom stereocenters. The third kappa shape index (κ3) is 4.90. The molecule has 1 amide bonds. The van der Waals surface area contributed by atoms with Crippen LogP contribution in [0, 0.1) is 17.6 Å². The summed E-state index contributed by atoms with van der Waals surface area (Å²) in [6.45, 7) is 3.63. The van der Waals surface area contributed by atoms with Gasteiger partial charge in [0.2, 0.25) is 5.91 Å². The first-order chi connectivity index (χ1) is 9.99. The highest BCUT2D eigenvalue weighted by Gasteiger charge is 2.28. The number of nitrogens with one attached hydrogen (secondary N) is 1. The number of piperidine rings is 1. The van der Waals surface area contributed by atoms with Crippen molar-refractivity contribution < 1.29 is 13.6 Å². The number of carbonyl (C=O) groups excluding carboxylic acids is 1. The quantitative estimate of drug-likeness (QED) is 0.889. The molecule has 124 valence electrons. The molecular formula is C15H22ClF2N3O. The molecule has 2 atom stereocenters. The number of rotatable bonds is 4. The number of amides is 1. The summed E-state index contributed by atoms with van der Waals surface area (Å²) in [7, 11) is 0.